The number of rotatable bonds is 0. The molecule has 3 heteroatoms. The zero-order valence-corrected chi connectivity index (χ0v) is 9.73. The largest absolute Gasteiger partial charge is 0.411 e. The quantitative estimate of drug-likeness (QED) is 0.490. The Kier molecular flexibility index (Phi) is 2.46. The highest BCUT2D eigenvalue weighted by atomic mass is 16.4. The molecule has 2 N–H and O–H groups in total. The van der Waals surface area contributed by atoms with Crippen LogP contribution in [-0.4, -0.2) is 21.6 Å². The molecule has 0 unspecified atom stereocenters. The maximum Gasteiger partial charge on any atom is 0.0757 e. The van der Waals surface area contributed by atoms with Crippen LogP contribution in [0.25, 0.3) is 0 Å². The summed E-state index contributed by atoms with van der Waals surface area (Å²) in [4.78, 5) is 0. The third-order valence-electron chi connectivity index (χ3n) is 5.20. The van der Waals surface area contributed by atoms with Crippen LogP contribution in [0.4, 0.5) is 0 Å². The van der Waals surface area contributed by atoms with Crippen LogP contribution in [0.3, 0.4) is 0 Å². The molecule has 3 rings (SSSR count). The fraction of sp³-hybridized carbons (Fsp3) is 0.923. The van der Waals surface area contributed by atoms with E-state index < -0.39 is 5.60 Å². The minimum absolute atomic E-state index is 0.148. The molecular weight excluding hydrogens is 202 g/mol. The summed E-state index contributed by atoms with van der Waals surface area (Å²) in [6.45, 7) is 0. The van der Waals surface area contributed by atoms with Gasteiger partial charge in [0.1, 0.15) is 0 Å². The van der Waals surface area contributed by atoms with Crippen LogP contribution in [0.5, 0.6) is 0 Å². The van der Waals surface area contributed by atoms with Gasteiger partial charge in [0.25, 0.3) is 0 Å². The van der Waals surface area contributed by atoms with Gasteiger partial charge in [-0.25, -0.2) is 0 Å². The number of oxime groups is 1. The third-order valence-corrected chi connectivity index (χ3v) is 5.20. The van der Waals surface area contributed by atoms with E-state index in [9.17, 15) is 10.3 Å². The fourth-order valence-corrected chi connectivity index (χ4v) is 4.42. The Morgan fingerprint density at radius 2 is 2.00 bits per heavy atom. The number of fused-ring (bicyclic) bond motifs is 4. The maximum absolute atomic E-state index is 10.9. The standard InChI is InChI=1S/C13H21NO2/c15-13-7-2-1-5-10(13)8-9-4-3-6-11(13)12(9)14-16/h9-11,15-16H,1-8H2/t9-,10+,11-,13-/m1/s1. The predicted octanol–water partition coefficient (Wildman–Crippen LogP) is 2.56. The molecule has 3 nitrogen and oxygen atoms in total. The first-order valence-electron chi connectivity index (χ1n) is 6.70. The van der Waals surface area contributed by atoms with E-state index in [1.807, 2.05) is 0 Å². The molecule has 3 aliphatic carbocycles. The molecule has 0 aliphatic heterocycles. The lowest BCUT2D eigenvalue weighted by Crippen LogP contribution is -2.57. The summed E-state index contributed by atoms with van der Waals surface area (Å²) >= 11 is 0. The molecule has 0 aromatic rings. The van der Waals surface area contributed by atoms with E-state index in [0.717, 1.165) is 37.8 Å². The average molecular weight is 223 g/mol. The Labute approximate surface area is 96.5 Å². The number of hydrogen-bond donors (Lipinski definition) is 2. The van der Waals surface area contributed by atoms with E-state index in [1.165, 1.54) is 19.3 Å². The van der Waals surface area contributed by atoms with E-state index in [4.69, 9.17) is 0 Å². The Morgan fingerprint density at radius 1 is 1.12 bits per heavy atom. The van der Waals surface area contributed by atoms with Crippen molar-refractivity contribution in [3.63, 3.8) is 0 Å². The third kappa shape index (κ3) is 1.33. The Morgan fingerprint density at radius 3 is 2.81 bits per heavy atom. The lowest BCUT2D eigenvalue weighted by atomic mass is 9.54. The van der Waals surface area contributed by atoms with Gasteiger partial charge >= 0.3 is 0 Å². The summed E-state index contributed by atoms with van der Waals surface area (Å²) in [5.41, 5.74) is 0.364. The van der Waals surface area contributed by atoms with Gasteiger partial charge in [-0.1, -0.05) is 24.4 Å². The van der Waals surface area contributed by atoms with Crippen LogP contribution in [0.2, 0.25) is 0 Å². The lowest BCUT2D eigenvalue weighted by Gasteiger charge is -2.53. The van der Waals surface area contributed by atoms with Crippen LogP contribution in [0, 0.1) is 17.8 Å². The van der Waals surface area contributed by atoms with Crippen LogP contribution < -0.4 is 0 Å². The second-order valence-electron chi connectivity index (χ2n) is 5.87. The van der Waals surface area contributed by atoms with Crippen LogP contribution in [0.1, 0.15) is 51.4 Å². The zero-order chi connectivity index (χ0) is 11.2. The van der Waals surface area contributed by atoms with Gasteiger partial charge in [-0.2, -0.15) is 0 Å². The van der Waals surface area contributed by atoms with E-state index in [-0.39, 0.29) is 5.92 Å². The molecule has 0 amide bonds. The average Bonchev–Trinajstić information content (AvgIpc) is 2.30. The molecular formula is C13H21NO2. The summed E-state index contributed by atoms with van der Waals surface area (Å²) in [5, 5.41) is 23.6. The first-order valence-corrected chi connectivity index (χ1v) is 6.70. The normalized spacial score (nSPS) is 50.1. The number of nitrogens with zero attached hydrogens (tertiary/aromatic N) is 1. The molecule has 0 heterocycles. The number of aliphatic hydroxyl groups is 1. The van der Waals surface area contributed by atoms with Crippen molar-refractivity contribution in [3.8, 4) is 0 Å². The molecule has 3 aliphatic rings. The second-order valence-corrected chi connectivity index (χ2v) is 5.87. The summed E-state index contributed by atoms with van der Waals surface area (Å²) in [7, 11) is 0. The Hall–Kier alpha value is -0.570. The van der Waals surface area contributed by atoms with Crippen molar-refractivity contribution in [2.24, 2.45) is 22.9 Å². The molecule has 0 radical (unpaired) electrons. The van der Waals surface area contributed by atoms with E-state index in [1.54, 1.807) is 0 Å². The van der Waals surface area contributed by atoms with Crippen LogP contribution in [0.15, 0.2) is 5.16 Å². The van der Waals surface area contributed by atoms with Crippen molar-refractivity contribution >= 4 is 5.71 Å². The fourth-order valence-electron chi connectivity index (χ4n) is 4.42. The topological polar surface area (TPSA) is 52.8 Å². The summed E-state index contributed by atoms with van der Waals surface area (Å²) in [6.07, 6.45) is 8.88. The Bertz CT molecular complexity index is 315. The number of hydrogen-bond acceptors (Lipinski definition) is 3. The molecule has 0 saturated heterocycles. The minimum atomic E-state index is -0.545. The van der Waals surface area contributed by atoms with Crippen molar-refractivity contribution < 1.29 is 10.3 Å². The van der Waals surface area contributed by atoms with Gasteiger partial charge in [0.05, 0.1) is 11.3 Å². The van der Waals surface area contributed by atoms with E-state index >= 15 is 0 Å². The van der Waals surface area contributed by atoms with Crippen LogP contribution >= 0.6 is 0 Å². The second kappa shape index (κ2) is 3.73. The zero-order valence-electron chi connectivity index (χ0n) is 9.73. The van der Waals surface area contributed by atoms with Gasteiger partial charge in [-0.05, 0) is 38.0 Å². The first-order chi connectivity index (χ1) is 7.75. The van der Waals surface area contributed by atoms with Crippen LogP contribution in [-0.2, 0) is 0 Å². The summed E-state index contributed by atoms with van der Waals surface area (Å²) in [5.74, 6) is 1.06. The van der Waals surface area contributed by atoms with Gasteiger partial charge < -0.3 is 10.3 Å². The van der Waals surface area contributed by atoms with Gasteiger partial charge in [0.15, 0.2) is 0 Å². The highest BCUT2D eigenvalue weighted by molar-refractivity contribution is 5.91. The lowest BCUT2D eigenvalue weighted by molar-refractivity contribution is -0.102. The van der Waals surface area contributed by atoms with Gasteiger partial charge in [0, 0.05) is 11.8 Å². The summed E-state index contributed by atoms with van der Waals surface area (Å²) in [6, 6.07) is 0. The highest BCUT2D eigenvalue weighted by Crippen LogP contribution is 2.52. The molecule has 90 valence electrons. The minimum Gasteiger partial charge on any atom is -0.411 e. The molecule has 0 spiro atoms. The van der Waals surface area contributed by atoms with Gasteiger partial charge in [-0.15, -0.1) is 0 Å². The smallest absolute Gasteiger partial charge is 0.0757 e. The predicted molar refractivity (Wildman–Crippen MR) is 61.6 cm³/mol. The SMILES string of the molecule is ON=C1[C@@H]2CCC[C@H]1[C@@]1(O)CCCC[C@H]1C2. The summed E-state index contributed by atoms with van der Waals surface area (Å²) < 4.78 is 0. The first kappa shape index (κ1) is 10.6. The molecule has 16 heavy (non-hydrogen) atoms. The molecule has 3 fully saturated rings. The van der Waals surface area contributed by atoms with Crippen molar-refractivity contribution in [3.05, 3.63) is 0 Å². The molecule has 2 bridgehead atoms. The Balaban J connectivity index is 1.96. The van der Waals surface area contributed by atoms with E-state index in [0.29, 0.717) is 11.8 Å². The van der Waals surface area contributed by atoms with E-state index in [2.05, 4.69) is 5.16 Å². The van der Waals surface area contributed by atoms with Crippen molar-refractivity contribution in [2.75, 3.05) is 0 Å². The molecule has 0 aromatic heterocycles. The molecule has 3 saturated carbocycles. The molecule has 4 atom stereocenters. The van der Waals surface area contributed by atoms with Crippen molar-refractivity contribution in [1.82, 2.24) is 0 Å². The van der Waals surface area contributed by atoms with Crippen molar-refractivity contribution in [2.45, 2.75) is 57.0 Å². The van der Waals surface area contributed by atoms with Gasteiger partial charge in [-0.3, -0.25) is 0 Å². The monoisotopic (exact) mass is 223 g/mol. The molecule has 0 aromatic carbocycles. The highest BCUT2D eigenvalue weighted by Gasteiger charge is 2.54. The van der Waals surface area contributed by atoms with Crippen molar-refractivity contribution in [1.29, 1.82) is 0 Å². The van der Waals surface area contributed by atoms with Gasteiger partial charge in [0.2, 0.25) is 0 Å². The maximum atomic E-state index is 10.9.